The zero-order valence-corrected chi connectivity index (χ0v) is 32.4. The highest BCUT2D eigenvalue weighted by Gasteiger charge is 2.10. The second-order valence-corrected chi connectivity index (χ2v) is 13.4. The highest BCUT2D eigenvalue weighted by Crippen LogP contribution is 2.15. The van der Waals surface area contributed by atoms with Crippen LogP contribution in [0.2, 0.25) is 0 Å². The largest absolute Gasteiger partial charge is 0.497 e. The van der Waals surface area contributed by atoms with Gasteiger partial charge >= 0.3 is 0 Å². The van der Waals surface area contributed by atoms with E-state index in [0.29, 0.717) is 56.2 Å². The van der Waals surface area contributed by atoms with Crippen molar-refractivity contribution in [3.8, 4) is 35.2 Å². The van der Waals surface area contributed by atoms with E-state index in [2.05, 4.69) is 38.6 Å². The number of halogens is 4. The van der Waals surface area contributed by atoms with Crippen molar-refractivity contribution in [2.24, 2.45) is 0 Å². The summed E-state index contributed by atoms with van der Waals surface area (Å²) in [6.07, 6.45) is 6.62. The quantitative estimate of drug-likeness (QED) is 0.114. The van der Waals surface area contributed by atoms with Gasteiger partial charge in [-0.05, 0) is 102 Å². The van der Waals surface area contributed by atoms with E-state index in [4.69, 9.17) is 9.47 Å². The molecule has 0 aliphatic rings. The average Bonchev–Trinajstić information content (AvgIpc) is 3.28. The maximum absolute atomic E-state index is 13.5. The fourth-order valence-electron chi connectivity index (χ4n) is 6.05. The van der Waals surface area contributed by atoms with Gasteiger partial charge in [-0.2, -0.15) is 0 Å². The molecule has 0 bridgehead atoms. The maximum Gasteiger partial charge on any atom is 0.261 e. The standard InChI is InChI=1S/C25H18F2N2O2.C23H15F2N3O2/c1-31-20-9-5-17(6-10-20)3-2-4-18-8-12-24-21(13-18)25(30)29(16-28-24)15-19-7-11-22(26)23(27)14-19;24-20-5-3-17(13-21(20)25)14-28-15-27-22-6-4-16(12-19(22)23(28)29)2-1-11-30-18-7-9-26-10-8-18/h5-14,16H,3,15H2,1H3;3-10,12-13,15H,11,14H2. The van der Waals surface area contributed by atoms with Crippen molar-refractivity contribution < 1.29 is 27.0 Å². The zero-order chi connectivity index (χ0) is 42.7. The molecule has 0 spiro atoms. The Labute approximate surface area is 346 Å². The average molecular weight is 820 g/mol. The molecule has 302 valence electrons. The van der Waals surface area contributed by atoms with Crippen molar-refractivity contribution in [1.29, 1.82) is 0 Å². The molecule has 5 aromatic carbocycles. The molecule has 0 saturated carbocycles. The number of fused-ring (bicyclic) bond motifs is 2. The van der Waals surface area contributed by atoms with E-state index in [1.54, 1.807) is 62.0 Å². The van der Waals surface area contributed by atoms with E-state index in [9.17, 15) is 27.2 Å². The Morgan fingerprint density at radius 1 is 0.557 bits per heavy atom. The van der Waals surface area contributed by atoms with Gasteiger partial charge in [0, 0.05) is 29.9 Å². The van der Waals surface area contributed by atoms with Crippen LogP contribution in [0.1, 0.15) is 27.8 Å². The Morgan fingerprint density at radius 3 is 1.57 bits per heavy atom. The zero-order valence-electron chi connectivity index (χ0n) is 32.4. The molecule has 0 amide bonds. The van der Waals surface area contributed by atoms with Crippen LogP contribution in [0.3, 0.4) is 0 Å². The van der Waals surface area contributed by atoms with Gasteiger partial charge in [0.2, 0.25) is 0 Å². The predicted octanol–water partition coefficient (Wildman–Crippen LogP) is 7.87. The molecule has 3 heterocycles. The fourth-order valence-corrected chi connectivity index (χ4v) is 6.05. The topological polar surface area (TPSA) is 101 Å². The lowest BCUT2D eigenvalue weighted by Crippen LogP contribution is -2.21. The first-order valence-corrected chi connectivity index (χ1v) is 18.6. The number of hydrogen-bond acceptors (Lipinski definition) is 7. The minimum atomic E-state index is -0.958. The van der Waals surface area contributed by atoms with Crippen LogP contribution in [0, 0.1) is 47.0 Å². The van der Waals surface area contributed by atoms with Crippen molar-refractivity contribution in [3.63, 3.8) is 0 Å². The predicted molar refractivity (Wildman–Crippen MR) is 223 cm³/mol. The number of rotatable bonds is 8. The first-order valence-electron chi connectivity index (χ1n) is 18.6. The van der Waals surface area contributed by atoms with Crippen LogP contribution in [0.5, 0.6) is 11.5 Å². The van der Waals surface area contributed by atoms with Crippen LogP contribution >= 0.6 is 0 Å². The van der Waals surface area contributed by atoms with E-state index in [1.807, 2.05) is 30.3 Å². The number of ether oxygens (including phenoxy) is 2. The number of pyridine rings is 1. The molecule has 61 heavy (non-hydrogen) atoms. The molecule has 8 rings (SSSR count). The third kappa shape index (κ3) is 10.5. The summed E-state index contributed by atoms with van der Waals surface area (Å²) in [7, 11) is 1.62. The maximum atomic E-state index is 13.5. The SMILES string of the molecule is COc1ccc(CC#Cc2ccc3ncn(Cc4ccc(F)c(F)c4)c(=O)c3c2)cc1.O=c1c2cc(C#CCOc3ccncc3)ccc2ncn1Cc1ccc(F)c(F)c1. The van der Waals surface area contributed by atoms with Crippen molar-refractivity contribution in [1.82, 2.24) is 24.1 Å². The second kappa shape index (κ2) is 19.1. The third-order valence-electron chi connectivity index (χ3n) is 9.20. The molecular formula is C48H33F4N5O4. The van der Waals surface area contributed by atoms with E-state index in [1.165, 1.54) is 33.9 Å². The van der Waals surface area contributed by atoms with Crippen molar-refractivity contribution in [3.05, 3.63) is 206 Å². The molecule has 8 aromatic rings. The summed E-state index contributed by atoms with van der Waals surface area (Å²) >= 11 is 0. The number of nitrogens with zero attached hydrogens (tertiary/aromatic N) is 5. The van der Waals surface area contributed by atoms with Crippen LogP contribution < -0.4 is 20.6 Å². The molecule has 0 N–H and O–H groups in total. The minimum absolute atomic E-state index is 0.0780. The van der Waals surface area contributed by atoms with Gasteiger partial charge in [0.1, 0.15) is 18.1 Å². The van der Waals surface area contributed by atoms with Gasteiger partial charge in [-0.1, -0.05) is 47.9 Å². The molecule has 0 aliphatic carbocycles. The monoisotopic (exact) mass is 819 g/mol. The molecule has 0 atom stereocenters. The Balaban J connectivity index is 0.000000184. The van der Waals surface area contributed by atoms with E-state index < -0.39 is 23.3 Å². The van der Waals surface area contributed by atoms with Gasteiger partial charge in [-0.15, -0.1) is 0 Å². The van der Waals surface area contributed by atoms with E-state index in [-0.39, 0.29) is 30.8 Å². The molecule has 0 radical (unpaired) electrons. The van der Waals surface area contributed by atoms with E-state index >= 15 is 0 Å². The normalized spacial score (nSPS) is 10.5. The molecule has 9 nitrogen and oxygen atoms in total. The number of aromatic nitrogens is 5. The lowest BCUT2D eigenvalue weighted by molar-refractivity contribution is 0.370. The van der Waals surface area contributed by atoms with Crippen molar-refractivity contribution in [2.45, 2.75) is 19.5 Å². The summed E-state index contributed by atoms with van der Waals surface area (Å²) < 4.78 is 66.5. The number of benzene rings is 5. The summed E-state index contributed by atoms with van der Waals surface area (Å²) in [5, 5.41) is 0.809. The van der Waals surface area contributed by atoms with Crippen molar-refractivity contribution in [2.75, 3.05) is 13.7 Å². The van der Waals surface area contributed by atoms with E-state index in [0.717, 1.165) is 35.6 Å². The summed E-state index contributed by atoms with van der Waals surface area (Å²) in [6, 6.07) is 28.6. The van der Waals surface area contributed by atoms with Crippen molar-refractivity contribution >= 4 is 21.8 Å². The molecule has 3 aromatic heterocycles. The van der Waals surface area contributed by atoms with Gasteiger partial charge in [0.25, 0.3) is 11.1 Å². The van der Waals surface area contributed by atoms with Crippen LogP contribution in [-0.2, 0) is 19.5 Å². The first kappa shape index (κ1) is 41.1. The molecular weight excluding hydrogens is 787 g/mol. The van der Waals surface area contributed by atoms with Gasteiger partial charge < -0.3 is 9.47 Å². The minimum Gasteiger partial charge on any atom is -0.497 e. The third-order valence-corrected chi connectivity index (χ3v) is 9.20. The van der Waals surface area contributed by atoms with Crippen LogP contribution in [0.4, 0.5) is 17.6 Å². The van der Waals surface area contributed by atoms with Gasteiger partial charge in [0.15, 0.2) is 23.3 Å². The molecule has 13 heteroatoms. The molecule has 0 unspecified atom stereocenters. The highest BCUT2D eigenvalue weighted by atomic mass is 19.2. The first-order chi connectivity index (χ1) is 29.6. The van der Waals surface area contributed by atoms with Crippen LogP contribution in [-0.4, -0.2) is 37.8 Å². The van der Waals surface area contributed by atoms with Gasteiger partial charge in [-0.3, -0.25) is 23.7 Å². The Bertz CT molecular complexity index is 3110. The van der Waals surface area contributed by atoms with Gasteiger partial charge in [0.05, 0.1) is 54.7 Å². The summed E-state index contributed by atoms with van der Waals surface area (Å²) in [5.74, 6) is 9.74. The van der Waals surface area contributed by atoms with Crippen LogP contribution in [0.25, 0.3) is 21.8 Å². The Hall–Kier alpha value is -8.03. The lowest BCUT2D eigenvalue weighted by Gasteiger charge is -2.07. The second-order valence-electron chi connectivity index (χ2n) is 13.4. The Morgan fingerprint density at radius 2 is 1.07 bits per heavy atom. The summed E-state index contributed by atoms with van der Waals surface area (Å²) in [5.41, 5.74) is 3.85. The summed E-state index contributed by atoms with van der Waals surface area (Å²) in [4.78, 5) is 38.2. The van der Waals surface area contributed by atoms with Crippen LogP contribution in [0.15, 0.2) is 144 Å². The number of hydrogen-bond donors (Lipinski definition) is 0. The molecule has 0 aliphatic heterocycles. The summed E-state index contributed by atoms with van der Waals surface area (Å²) in [6.45, 7) is 0.358. The smallest absolute Gasteiger partial charge is 0.261 e. The fraction of sp³-hybridized carbons (Fsp3) is 0.104. The number of methoxy groups -OCH3 is 1. The highest BCUT2D eigenvalue weighted by molar-refractivity contribution is 5.80. The lowest BCUT2D eigenvalue weighted by atomic mass is 10.1. The van der Waals surface area contributed by atoms with Gasteiger partial charge in [-0.25, -0.2) is 27.5 Å². The molecule has 0 fully saturated rings. The molecule has 0 saturated heterocycles. The Kier molecular flexibility index (Phi) is 12.9.